The molecule has 0 aliphatic carbocycles. The quantitative estimate of drug-likeness (QED) is 0.539. The van der Waals surface area contributed by atoms with E-state index in [-0.39, 0.29) is 0 Å². The second-order valence-corrected chi connectivity index (χ2v) is 7.33. The molecule has 0 atom stereocenters. The van der Waals surface area contributed by atoms with Gasteiger partial charge in [0, 0.05) is 16.2 Å². The summed E-state index contributed by atoms with van der Waals surface area (Å²) in [6, 6.07) is 20.6. The Bertz CT molecular complexity index is 765. The van der Waals surface area contributed by atoms with E-state index in [0.717, 1.165) is 16.2 Å². The molecule has 110 valence electrons. The predicted molar refractivity (Wildman–Crippen MR) is 90.7 cm³/mol. The van der Waals surface area contributed by atoms with E-state index in [2.05, 4.69) is 4.76 Å². The highest BCUT2D eigenvalue weighted by Crippen LogP contribution is 2.45. The zero-order valence-electron chi connectivity index (χ0n) is 12.2. The van der Waals surface area contributed by atoms with Crippen molar-refractivity contribution in [3.05, 3.63) is 84.8 Å². The standard InChI is InChI=1S/C18H16NO2P/c1-15(16-12-13-21-14-16)19-22(20,17-8-4-2-5-9-17)18-10-6-3-7-11-18/h2-14H,1H3/b19-15-. The highest BCUT2D eigenvalue weighted by atomic mass is 31.2. The number of hydrogen-bond acceptors (Lipinski definition) is 2. The van der Waals surface area contributed by atoms with Crippen molar-refractivity contribution in [2.75, 3.05) is 0 Å². The number of benzene rings is 2. The molecule has 0 saturated carbocycles. The predicted octanol–water partition coefficient (Wildman–Crippen LogP) is 4.02. The Balaban J connectivity index is 2.17. The SMILES string of the molecule is C/C(=N/P(=O)(c1ccccc1)c1ccccc1)c1ccoc1. The minimum absolute atomic E-state index is 0.699. The van der Waals surface area contributed by atoms with Crippen molar-refractivity contribution < 1.29 is 8.98 Å². The number of furan rings is 1. The molecule has 1 heterocycles. The second-order valence-electron chi connectivity index (χ2n) is 4.94. The topological polar surface area (TPSA) is 42.6 Å². The smallest absolute Gasteiger partial charge is 0.247 e. The fraction of sp³-hybridized carbons (Fsp3) is 0.0556. The van der Waals surface area contributed by atoms with Gasteiger partial charge in [-0.15, -0.1) is 0 Å². The van der Waals surface area contributed by atoms with Crippen molar-refractivity contribution in [1.82, 2.24) is 0 Å². The fourth-order valence-corrected chi connectivity index (χ4v) is 4.48. The van der Waals surface area contributed by atoms with Gasteiger partial charge in [-0.2, -0.15) is 0 Å². The summed E-state index contributed by atoms with van der Waals surface area (Å²) in [5.74, 6) is 0. The van der Waals surface area contributed by atoms with Gasteiger partial charge in [-0.05, 0) is 37.3 Å². The van der Waals surface area contributed by atoms with Gasteiger partial charge in [0.15, 0.2) is 0 Å². The van der Waals surface area contributed by atoms with Crippen molar-refractivity contribution in [3.63, 3.8) is 0 Å². The van der Waals surface area contributed by atoms with Crippen LogP contribution in [0, 0.1) is 0 Å². The summed E-state index contributed by atoms with van der Waals surface area (Å²) in [7, 11) is -3.07. The lowest BCUT2D eigenvalue weighted by molar-refractivity contribution is 0.567. The molecule has 4 heteroatoms. The van der Waals surface area contributed by atoms with Crippen LogP contribution >= 0.6 is 7.29 Å². The van der Waals surface area contributed by atoms with E-state index in [1.165, 1.54) is 0 Å². The van der Waals surface area contributed by atoms with Crippen LogP contribution in [0.25, 0.3) is 0 Å². The molecule has 1 aromatic heterocycles. The van der Waals surface area contributed by atoms with Crippen molar-refractivity contribution in [3.8, 4) is 0 Å². The third kappa shape index (κ3) is 2.81. The summed E-state index contributed by atoms with van der Waals surface area (Å²) in [6.07, 6.45) is 3.20. The fourth-order valence-electron chi connectivity index (χ4n) is 2.26. The third-order valence-electron chi connectivity index (χ3n) is 3.44. The monoisotopic (exact) mass is 309 g/mol. The lowest BCUT2D eigenvalue weighted by Crippen LogP contribution is -2.15. The number of nitrogens with zero attached hydrogens (tertiary/aromatic N) is 1. The lowest BCUT2D eigenvalue weighted by atomic mass is 10.2. The minimum atomic E-state index is -3.07. The van der Waals surface area contributed by atoms with Crippen LogP contribution < -0.4 is 10.6 Å². The maximum absolute atomic E-state index is 13.7. The largest absolute Gasteiger partial charge is 0.472 e. The van der Waals surface area contributed by atoms with E-state index in [1.54, 1.807) is 12.5 Å². The Morgan fingerprint density at radius 1 is 0.909 bits per heavy atom. The molecule has 0 unspecified atom stereocenters. The van der Waals surface area contributed by atoms with Crippen molar-refractivity contribution in [1.29, 1.82) is 0 Å². The Labute approximate surface area is 129 Å². The molecule has 0 aliphatic heterocycles. The van der Waals surface area contributed by atoms with Gasteiger partial charge >= 0.3 is 0 Å². The summed E-state index contributed by atoms with van der Waals surface area (Å²) in [6.45, 7) is 1.85. The molecule has 0 N–H and O–H groups in total. The van der Waals surface area contributed by atoms with Crippen LogP contribution in [0.1, 0.15) is 12.5 Å². The highest BCUT2D eigenvalue weighted by molar-refractivity contribution is 7.77. The first-order chi connectivity index (χ1) is 10.7. The van der Waals surface area contributed by atoms with Gasteiger partial charge in [-0.1, -0.05) is 36.4 Å². The maximum Gasteiger partial charge on any atom is 0.247 e. The molecule has 3 nitrogen and oxygen atoms in total. The van der Waals surface area contributed by atoms with E-state index < -0.39 is 7.29 Å². The summed E-state index contributed by atoms with van der Waals surface area (Å²) in [4.78, 5) is 0. The molecule has 0 bridgehead atoms. The molecular weight excluding hydrogens is 293 g/mol. The van der Waals surface area contributed by atoms with E-state index in [9.17, 15) is 4.57 Å². The van der Waals surface area contributed by atoms with Crippen LogP contribution in [0.5, 0.6) is 0 Å². The van der Waals surface area contributed by atoms with E-state index >= 15 is 0 Å². The van der Waals surface area contributed by atoms with Crippen LogP contribution in [0.3, 0.4) is 0 Å². The minimum Gasteiger partial charge on any atom is -0.472 e. The van der Waals surface area contributed by atoms with Gasteiger partial charge in [-0.25, -0.2) is 4.76 Å². The number of hydrogen-bond donors (Lipinski definition) is 0. The van der Waals surface area contributed by atoms with Crippen molar-refractivity contribution in [2.45, 2.75) is 6.92 Å². The average molecular weight is 309 g/mol. The molecule has 3 aromatic rings. The first-order valence-electron chi connectivity index (χ1n) is 7.01. The Kier molecular flexibility index (Phi) is 4.08. The molecule has 0 spiro atoms. The van der Waals surface area contributed by atoms with Gasteiger partial charge < -0.3 is 4.42 Å². The van der Waals surface area contributed by atoms with Gasteiger partial charge in [0.25, 0.3) is 0 Å². The zero-order valence-corrected chi connectivity index (χ0v) is 13.1. The first-order valence-corrected chi connectivity index (χ1v) is 8.67. The molecule has 0 aliphatic rings. The maximum atomic E-state index is 13.7. The van der Waals surface area contributed by atoms with Crippen molar-refractivity contribution >= 4 is 23.6 Å². The average Bonchev–Trinajstić information content (AvgIpc) is 3.11. The molecule has 0 amide bonds. The molecule has 0 saturated heterocycles. The molecule has 0 fully saturated rings. The van der Waals surface area contributed by atoms with Crippen LogP contribution in [-0.4, -0.2) is 5.71 Å². The van der Waals surface area contributed by atoms with Crippen LogP contribution in [0.15, 0.2) is 88.4 Å². The van der Waals surface area contributed by atoms with Crippen LogP contribution in [0.2, 0.25) is 0 Å². The number of rotatable bonds is 4. The second kappa shape index (κ2) is 6.17. The Hall–Kier alpha value is -2.38. The molecule has 0 radical (unpaired) electrons. The first kappa shape index (κ1) is 14.6. The highest BCUT2D eigenvalue weighted by Gasteiger charge is 2.26. The van der Waals surface area contributed by atoms with E-state index in [0.29, 0.717) is 5.71 Å². The van der Waals surface area contributed by atoms with Crippen LogP contribution in [-0.2, 0) is 4.57 Å². The van der Waals surface area contributed by atoms with Gasteiger partial charge in [0.1, 0.15) is 0 Å². The molecule has 3 rings (SSSR count). The van der Waals surface area contributed by atoms with Gasteiger partial charge in [0.2, 0.25) is 7.29 Å². The zero-order chi connectivity index (χ0) is 15.4. The van der Waals surface area contributed by atoms with Gasteiger partial charge in [0.05, 0.1) is 18.2 Å². The summed E-state index contributed by atoms with van der Waals surface area (Å²) in [5, 5.41) is 1.45. The molecule has 2 aromatic carbocycles. The van der Waals surface area contributed by atoms with Crippen LogP contribution in [0.4, 0.5) is 0 Å². The Morgan fingerprint density at radius 3 is 1.91 bits per heavy atom. The summed E-state index contributed by atoms with van der Waals surface area (Å²) in [5.41, 5.74) is 1.54. The molecule has 22 heavy (non-hydrogen) atoms. The normalized spacial score (nSPS) is 12.3. The Morgan fingerprint density at radius 2 is 1.45 bits per heavy atom. The molecular formula is C18H16NO2P. The third-order valence-corrected chi connectivity index (χ3v) is 6.02. The van der Waals surface area contributed by atoms with E-state index in [4.69, 9.17) is 4.42 Å². The lowest BCUT2D eigenvalue weighted by Gasteiger charge is -2.15. The summed E-state index contributed by atoms with van der Waals surface area (Å²) < 4.78 is 23.4. The van der Waals surface area contributed by atoms with Gasteiger partial charge in [-0.3, -0.25) is 4.57 Å². The van der Waals surface area contributed by atoms with Crippen molar-refractivity contribution in [2.24, 2.45) is 4.76 Å². The van der Waals surface area contributed by atoms with E-state index in [1.807, 2.05) is 73.7 Å². The summed E-state index contributed by atoms with van der Waals surface area (Å²) >= 11 is 0.